The molecule has 1 aromatic heterocycles. The molecule has 1 N–H and O–H groups in total. The summed E-state index contributed by atoms with van der Waals surface area (Å²) < 4.78 is 1.88. The van der Waals surface area contributed by atoms with Crippen molar-refractivity contribution in [2.24, 2.45) is 0 Å². The van der Waals surface area contributed by atoms with Crippen LogP contribution >= 0.6 is 0 Å². The molecule has 0 bridgehead atoms. The molecule has 1 saturated carbocycles. The molecular weight excluding hydrogens is 324 g/mol. The molecule has 2 amide bonds. The number of carbonyl (C=O) groups excluding carboxylic acids is 1. The quantitative estimate of drug-likeness (QED) is 0.730. The van der Waals surface area contributed by atoms with Crippen molar-refractivity contribution in [1.82, 2.24) is 14.7 Å². The minimum Gasteiger partial charge on any atom is -0.317 e. The third-order valence-electron chi connectivity index (χ3n) is 4.55. The van der Waals surface area contributed by atoms with Crippen LogP contribution in [-0.2, 0) is 13.1 Å². The monoisotopic (exact) mass is 346 g/mol. The summed E-state index contributed by atoms with van der Waals surface area (Å²) in [5.74, 6) is 0. The van der Waals surface area contributed by atoms with Crippen molar-refractivity contribution in [3.05, 3.63) is 84.2 Å². The highest BCUT2D eigenvalue weighted by Crippen LogP contribution is 2.29. The van der Waals surface area contributed by atoms with Crippen molar-refractivity contribution in [3.63, 3.8) is 0 Å². The first kappa shape index (κ1) is 16.4. The summed E-state index contributed by atoms with van der Waals surface area (Å²) in [6, 6.07) is 20.3. The van der Waals surface area contributed by atoms with Crippen LogP contribution in [0.25, 0.3) is 0 Å². The summed E-state index contributed by atoms with van der Waals surface area (Å²) in [6.45, 7) is 1.37. The molecule has 26 heavy (non-hydrogen) atoms. The van der Waals surface area contributed by atoms with Gasteiger partial charge in [-0.05, 0) is 42.2 Å². The zero-order chi connectivity index (χ0) is 17.8. The highest BCUT2D eigenvalue weighted by atomic mass is 16.2. The molecule has 3 aromatic rings. The van der Waals surface area contributed by atoms with Crippen molar-refractivity contribution in [3.8, 4) is 0 Å². The van der Waals surface area contributed by atoms with E-state index in [4.69, 9.17) is 0 Å². The number of nitrogens with zero attached hydrogens (tertiary/aromatic N) is 3. The van der Waals surface area contributed by atoms with Crippen LogP contribution in [0.5, 0.6) is 0 Å². The van der Waals surface area contributed by atoms with E-state index in [0.717, 1.165) is 36.2 Å². The first-order valence-electron chi connectivity index (χ1n) is 8.96. The van der Waals surface area contributed by atoms with Crippen LogP contribution in [0, 0.1) is 0 Å². The number of urea groups is 1. The van der Waals surface area contributed by atoms with E-state index < -0.39 is 0 Å². The van der Waals surface area contributed by atoms with Gasteiger partial charge in [0, 0.05) is 30.7 Å². The summed E-state index contributed by atoms with van der Waals surface area (Å²) in [5, 5.41) is 7.25. The van der Waals surface area contributed by atoms with Gasteiger partial charge in [-0.3, -0.25) is 4.68 Å². The third-order valence-corrected chi connectivity index (χ3v) is 4.55. The van der Waals surface area contributed by atoms with Gasteiger partial charge in [0.1, 0.15) is 0 Å². The summed E-state index contributed by atoms with van der Waals surface area (Å²) in [5.41, 5.74) is 3.12. The Kier molecular flexibility index (Phi) is 4.69. The van der Waals surface area contributed by atoms with Crippen molar-refractivity contribution < 1.29 is 4.79 Å². The summed E-state index contributed by atoms with van der Waals surface area (Å²) in [4.78, 5) is 14.7. The second-order valence-corrected chi connectivity index (χ2v) is 6.68. The number of benzene rings is 2. The molecule has 0 saturated heterocycles. The molecule has 1 aliphatic carbocycles. The van der Waals surface area contributed by atoms with Gasteiger partial charge in [0.05, 0.1) is 6.54 Å². The van der Waals surface area contributed by atoms with Crippen LogP contribution in [0.15, 0.2) is 73.1 Å². The van der Waals surface area contributed by atoms with E-state index in [1.54, 1.807) is 6.20 Å². The van der Waals surface area contributed by atoms with Gasteiger partial charge in [-0.25, -0.2) is 4.79 Å². The van der Waals surface area contributed by atoms with Gasteiger partial charge in [-0.1, -0.05) is 42.5 Å². The average Bonchev–Trinajstić information content (AvgIpc) is 3.38. The Balaban J connectivity index is 1.39. The van der Waals surface area contributed by atoms with Crippen LogP contribution in [0.4, 0.5) is 10.5 Å². The molecule has 5 heteroatoms. The second kappa shape index (κ2) is 7.44. The highest BCUT2D eigenvalue weighted by molar-refractivity contribution is 5.89. The molecule has 0 spiro atoms. The van der Waals surface area contributed by atoms with E-state index in [1.165, 1.54) is 0 Å². The minimum atomic E-state index is -0.0313. The van der Waals surface area contributed by atoms with Gasteiger partial charge in [0.2, 0.25) is 0 Å². The number of anilines is 1. The number of hydrogen-bond donors (Lipinski definition) is 1. The molecule has 0 radical (unpaired) electrons. The predicted molar refractivity (Wildman–Crippen MR) is 102 cm³/mol. The standard InChI is InChI=1S/C21H22N4O/c26-21(25(20-11-12-20)16-17-5-2-1-3-6-17)23-19-9-7-18(8-10-19)15-24-14-4-13-22-24/h1-10,13-14,20H,11-12,15-16H2,(H,23,26). The Morgan fingerprint density at radius 2 is 1.81 bits per heavy atom. The molecule has 1 fully saturated rings. The van der Waals surface area contributed by atoms with Crippen LogP contribution in [0.1, 0.15) is 24.0 Å². The minimum absolute atomic E-state index is 0.0313. The van der Waals surface area contributed by atoms with E-state index in [0.29, 0.717) is 12.6 Å². The normalized spacial score (nSPS) is 13.4. The molecule has 0 unspecified atom stereocenters. The van der Waals surface area contributed by atoms with Gasteiger partial charge in [-0.15, -0.1) is 0 Å². The summed E-state index contributed by atoms with van der Waals surface area (Å²) >= 11 is 0. The molecule has 1 heterocycles. The fourth-order valence-corrected chi connectivity index (χ4v) is 3.00. The number of rotatable bonds is 6. The van der Waals surface area contributed by atoms with Gasteiger partial charge in [0.15, 0.2) is 0 Å². The molecule has 4 rings (SSSR count). The molecular formula is C21H22N4O. The number of carbonyl (C=O) groups is 1. The van der Waals surface area contributed by atoms with Crippen molar-refractivity contribution in [2.45, 2.75) is 32.0 Å². The van der Waals surface area contributed by atoms with Gasteiger partial charge >= 0.3 is 6.03 Å². The Bertz CT molecular complexity index is 839. The Morgan fingerprint density at radius 3 is 2.46 bits per heavy atom. The smallest absolute Gasteiger partial charge is 0.317 e. The van der Waals surface area contributed by atoms with Crippen molar-refractivity contribution in [2.75, 3.05) is 5.32 Å². The Morgan fingerprint density at radius 1 is 1.04 bits per heavy atom. The highest BCUT2D eigenvalue weighted by Gasteiger charge is 2.32. The first-order valence-corrected chi connectivity index (χ1v) is 8.96. The summed E-state index contributed by atoms with van der Waals surface area (Å²) in [6.07, 6.45) is 5.88. The molecule has 2 aromatic carbocycles. The zero-order valence-corrected chi connectivity index (χ0v) is 14.6. The molecule has 5 nitrogen and oxygen atoms in total. The van der Waals surface area contributed by atoms with Crippen molar-refractivity contribution >= 4 is 11.7 Å². The van der Waals surface area contributed by atoms with Crippen LogP contribution < -0.4 is 5.32 Å². The number of amides is 2. The average molecular weight is 346 g/mol. The lowest BCUT2D eigenvalue weighted by atomic mass is 10.2. The third kappa shape index (κ3) is 4.11. The van der Waals surface area contributed by atoms with E-state index in [2.05, 4.69) is 22.5 Å². The Labute approximate surface area is 153 Å². The van der Waals surface area contributed by atoms with Crippen LogP contribution in [0.3, 0.4) is 0 Å². The lowest BCUT2D eigenvalue weighted by Gasteiger charge is -2.23. The lowest BCUT2D eigenvalue weighted by Crippen LogP contribution is -2.36. The maximum absolute atomic E-state index is 12.7. The molecule has 0 aliphatic heterocycles. The number of aromatic nitrogens is 2. The fraction of sp³-hybridized carbons (Fsp3) is 0.238. The predicted octanol–water partition coefficient (Wildman–Crippen LogP) is 4.13. The summed E-state index contributed by atoms with van der Waals surface area (Å²) in [7, 11) is 0. The Hall–Kier alpha value is -3.08. The van der Waals surface area contributed by atoms with Gasteiger partial charge < -0.3 is 10.2 Å². The van der Waals surface area contributed by atoms with E-state index in [9.17, 15) is 4.79 Å². The van der Waals surface area contributed by atoms with E-state index in [-0.39, 0.29) is 6.03 Å². The molecule has 1 aliphatic rings. The largest absolute Gasteiger partial charge is 0.322 e. The molecule has 0 atom stereocenters. The van der Waals surface area contributed by atoms with Gasteiger partial charge in [0.25, 0.3) is 0 Å². The maximum atomic E-state index is 12.7. The van der Waals surface area contributed by atoms with Gasteiger partial charge in [-0.2, -0.15) is 5.10 Å². The van der Waals surface area contributed by atoms with Crippen molar-refractivity contribution in [1.29, 1.82) is 0 Å². The second-order valence-electron chi connectivity index (χ2n) is 6.68. The first-order chi connectivity index (χ1) is 12.8. The van der Waals surface area contributed by atoms with E-state index >= 15 is 0 Å². The SMILES string of the molecule is O=C(Nc1ccc(Cn2cccn2)cc1)N(Cc1ccccc1)C1CC1. The molecule has 132 valence electrons. The maximum Gasteiger partial charge on any atom is 0.322 e. The number of hydrogen-bond acceptors (Lipinski definition) is 2. The number of nitrogens with one attached hydrogen (secondary N) is 1. The lowest BCUT2D eigenvalue weighted by molar-refractivity contribution is 0.206. The fourth-order valence-electron chi connectivity index (χ4n) is 3.00. The van der Waals surface area contributed by atoms with Crippen LogP contribution in [-0.4, -0.2) is 26.8 Å². The zero-order valence-electron chi connectivity index (χ0n) is 14.6. The topological polar surface area (TPSA) is 50.2 Å². The van der Waals surface area contributed by atoms with Crippen LogP contribution in [0.2, 0.25) is 0 Å². The van der Waals surface area contributed by atoms with E-state index in [1.807, 2.05) is 64.3 Å².